The third-order valence-corrected chi connectivity index (χ3v) is 2.44. The molecule has 1 aliphatic heterocycles. The Bertz CT molecular complexity index is 298. The van der Waals surface area contributed by atoms with Gasteiger partial charge in [0, 0.05) is 13.1 Å². The van der Waals surface area contributed by atoms with E-state index in [0.717, 1.165) is 5.56 Å². The van der Waals surface area contributed by atoms with E-state index in [-0.39, 0.29) is 6.10 Å². The molecule has 82 valence electrons. The first-order valence-electron chi connectivity index (χ1n) is 5.01. The predicted molar refractivity (Wildman–Crippen MR) is 54.8 cm³/mol. The zero-order valence-corrected chi connectivity index (χ0v) is 8.41. The van der Waals surface area contributed by atoms with Gasteiger partial charge >= 0.3 is 0 Å². The van der Waals surface area contributed by atoms with Crippen LogP contribution in [0.3, 0.4) is 0 Å². The van der Waals surface area contributed by atoms with Crippen molar-refractivity contribution in [2.45, 2.75) is 19.1 Å². The first-order valence-corrected chi connectivity index (χ1v) is 5.01. The Morgan fingerprint density at radius 1 is 1.33 bits per heavy atom. The van der Waals surface area contributed by atoms with Crippen LogP contribution in [0.4, 0.5) is 0 Å². The average molecular weight is 209 g/mol. The molecule has 1 aliphatic rings. The Morgan fingerprint density at radius 2 is 2.00 bits per heavy atom. The van der Waals surface area contributed by atoms with Gasteiger partial charge in [-0.2, -0.15) is 0 Å². The summed E-state index contributed by atoms with van der Waals surface area (Å²) >= 11 is 0. The molecule has 1 saturated heterocycles. The number of β-amino-alcohol motifs (C(OH)–C–C–N with tert-alkyl or cyclic N) is 1. The fourth-order valence-corrected chi connectivity index (χ4v) is 1.52. The van der Waals surface area contributed by atoms with Crippen LogP contribution in [0.15, 0.2) is 30.3 Å². The maximum absolute atomic E-state index is 9.54. The van der Waals surface area contributed by atoms with Crippen LogP contribution in [0.5, 0.6) is 0 Å². The number of aliphatic hydroxyl groups excluding tert-OH is 2. The second-order valence-corrected chi connectivity index (χ2v) is 3.73. The van der Waals surface area contributed by atoms with Crippen LogP contribution in [0.2, 0.25) is 0 Å². The molecule has 4 nitrogen and oxygen atoms in total. The second kappa shape index (κ2) is 4.72. The Balaban J connectivity index is 1.74. The van der Waals surface area contributed by atoms with Gasteiger partial charge in [-0.15, -0.1) is 0 Å². The first-order chi connectivity index (χ1) is 7.25. The second-order valence-electron chi connectivity index (χ2n) is 3.73. The van der Waals surface area contributed by atoms with Gasteiger partial charge in [-0.1, -0.05) is 30.3 Å². The molecule has 0 bridgehead atoms. The summed E-state index contributed by atoms with van der Waals surface area (Å²) in [7, 11) is 0. The first kappa shape index (κ1) is 10.6. The van der Waals surface area contributed by atoms with Gasteiger partial charge in [0.25, 0.3) is 0 Å². The number of hydrogen-bond acceptors (Lipinski definition) is 4. The topological polar surface area (TPSA) is 52.9 Å². The third kappa shape index (κ3) is 2.76. The molecule has 1 aromatic carbocycles. The van der Waals surface area contributed by atoms with Crippen molar-refractivity contribution in [3.05, 3.63) is 35.9 Å². The van der Waals surface area contributed by atoms with Crippen molar-refractivity contribution in [2.24, 2.45) is 0 Å². The minimum Gasteiger partial charge on any atom is -0.390 e. The van der Waals surface area contributed by atoms with Crippen LogP contribution in [-0.4, -0.2) is 40.7 Å². The van der Waals surface area contributed by atoms with Gasteiger partial charge in [-0.3, -0.25) is 4.90 Å². The molecule has 2 N–H and O–H groups in total. The quantitative estimate of drug-likeness (QED) is 0.693. The van der Waals surface area contributed by atoms with E-state index in [0.29, 0.717) is 19.7 Å². The summed E-state index contributed by atoms with van der Waals surface area (Å²) < 4.78 is 5.25. The van der Waals surface area contributed by atoms with Gasteiger partial charge in [0.15, 0.2) is 0 Å². The van der Waals surface area contributed by atoms with Gasteiger partial charge in [-0.05, 0) is 5.56 Å². The van der Waals surface area contributed by atoms with Crippen LogP contribution >= 0.6 is 0 Å². The van der Waals surface area contributed by atoms with Crippen LogP contribution in [0.1, 0.15) is 5.56 Å². The van der Waals surface area contributed by atoms with E-state index in [9.17, 15) is 5.11 Å². The molecule has 1 heterocycles. The molecule has 2 rings (SSSR count). The number of aliphatic hydroxyl groups is 2. The Labute approximate surface area is 88.7 Å². The van der Waals surface area contributed by atoms with E-state index in [4.69, 9.17) is 9.84 Å². The number of ether oxygens (including phenoxy) is 1. The summed E-state index contributed by atoms with van der Waals surface area (Å²) in [6.07, 6.45) is -1.23. The zero-order valence-electron chi connectivity index (χ0n) is 8.41. The number of rotatable bonds is 4. The van der Waals surface area contributed by atoms with E-state index in [1.807, 2.05) is 30.3 Å². The molecular weight excluding hydrogens is 194 g/mol. The highest BCUT2D eigenvalue weighted by atomic mass is 16.6. The summed E-state index contributed by atoms with van der Waals surface area (Å²) in [6, 6.07) is 9.68. The highest BCUT2D eigenvalue weighted by Gasteiger charge is 2.30. The van der Waals surface area contributed by atoms with Gasteiger partial charge in [-0.25, -0.2) is 0 Å². The number of benzene rings is 1. The highest BCUT2D eigenvalue weighted by Crippen LogP contribution is 2.12. The van der Waals surface area contributed by atoms with Gasteiger partial charge in [0.05, 0.1) is 12.7 Å². The number of nitrogens with zero attached hydrogens (tertiary/aromatic N) is 1. The van der Waals surface area contributed by atoms with Crippen molar-refractivity contribution in [3.8, 4) is 0 Å². The molecule has 0 aliphatic carbocycles. The predicted octanol–water partition coefficient (Wildman–Crippen LogP) is 0.156. The Kier molecular flexibility index (Phi) is 3.33. The van der Waals surface area contributed by atoms with Crippen LogP contribution in [-0.2, 0) is 11.3 Å². The Hall–Kier alpha value is -0.940. The lowest BCUT2D eigenvalue weighted by molar-refractivity contribution is -0.236. The zero-order chi connectivity index (χ0) is 10.7. The molecule has 15 heavy (non-hydrogen) atoms. The van der Waals surface area contributed by atoms with Gasteiger partial charge < -0.3 is 14.9 Å². The molecule has 0 amide bonds. The lowest BCUT2D eigenvalue weighted by Crippen LogP contribution is -2.56. The van der Waals surface area contributed by atoms with E-state index in [2.05, 4.69) is 0 Å². The smallest absolute Gasteiger partial charge is 0.216 e. The molecule has 0 saturated carbocycles. The molecule has 4 heteroatoms. The van der Waals surface area contributed by atoms with Gasteiger partial charge in [0.1, 0.15) is 0 Å². The molecule has 1 fully saturated rings. The van der Waals surface area contributed by atoms with E-state index in [1.165, 1.54) is 0 Å². The van der Waals surface area contributed by atoms with Crippen molar-refractivity contribution < 1.29 is 14.9 Å². The summed E-state index contributed by atoms with van der Waals surface area (Å²) in [5, 5.41) is 18.6. The maximum Gasteiger partial charge on any atom is 0.216 e. The molecule has 1 aromatic rings. The minimum atomic E-state index is -0.909. The van der Waals surface area contributed by atoms with Crippen LogP contribution in [0, 0.1) is 0 Å². The van der Waals surface area contributed by atoms with E-state index in [1.54, 1.807) is 4.90 Å². The van der Waals surface area contributed by atoms with Crippen LogP contribution in [0.25, 0.3) is 0 Å². The monoisotopic (exact) mass is 209 g/mol. The normalized spacial score (nSPS) is 19.9. The summed E-state index contributed by atoms with van der Waals surface area (Å²) in [5.74, 6) is 0. The number of hydrogen-bond donors (Lipinski definition) is 2. The summed E-state index contributed by atoms with van der Waals surface area (Å²) in [4.78, 5) is 1.67. The molecule has 0 aromatic heterocycles. The molecule has 0 spiro atoms. The fraction of sp³-hybridized carbons (Fsp3) is 0.455. The molecule has 0 radical (unpaired) electrons. The van der Waals surface area contributed by atoms with Gasteiger partial charge in [0.2, 0.25) is 6.41 Å². The van der Waals surface area contributed by atoms with Crippen molar-refractivity contribution >= 4 is 0 Å². The number of likely N-dealkylation sites (tertiary alicyclic amines) is 1. The lowest BCUT2D eigenvalue weighted by atomic mass is 10.2. The standard InChI is InChI=1S/C11H15NO3/c13-10-6-12(7-10)11(14)15-8-9-4-2-1-3-5-9/h1-5,10-11,13-14H,6-8H2. The summed E-state index contributed by atoms with van der Waals surface area (Å²) in [5.41, 5.74) is 1.03. The third-order valence-electron chi connectivity index (χ3n) is 2.44. The average Bonchev–Trinajstić information content (AvgIpc) is 2.23. The largest absolute Gasteiger partial charge is 0.390 e. The molecule has 1 unspecified atom stereocenters. The highest BCUT2D eigenvalue weighted by molar-refractivity contribution is 5.13. The van der Waals surface area contributed by atoms with E-state index >= 15 is 0 Å². The van der Waals surface area contributed by atoms with Crippen molar-refractivity contribution in [1.82, 2.24) is 4.90 Å². The SMILES string of the molecule is OC1CN(C(O)OCc2ccccc2)C1. The lowest BCUT2D eigenvalue weighted by Gasteiger charge is -2.38. The molecular formula is C11H15NO3. The Morgan fingerprint density at radius 3 is 2.60 bits per heavy atom. The van der Waals surface area contributed by atoms with Crippen molar-refractivity contribution in [2.75, 3.05) is 13.1 Å². The van der Waals surface area contributed by atoms with E-state index < -0.39 is 6.41 Å². The molecule has 1 atom stereocenters. The maximum atomic E-state index is 9.54. The van der Waals surface area contributed by atoms with Crippen molar-refractivity contribution in [3.63, 3.8) is 0 Å². The minimum absolute atomic E-state index is 0.319. The fourth-order valence-electron chi connectivity index (χ4n) is 1.52. The summed E-state index contributed by atoms with van der Waals surface area (Å²) in [6.45, 7) is 1.35. The van der Waals surface area contributed by atoms with Crippen molar-refractivity contribution in [1.29, 1.82) is 0 Å². The van der Waals surface area contributed by atoms with Crippen LogP contribution < -0.4 is 0 Å².